The van der Waals surface area contributed by atoms with E-state index in [1.165, 1.54) is 30.7 Å². The molecule has 0 saturated heterocycles. The molecule has 0 spiro atoms. The minimum absolute atomic E-state index is 0.200. The molecule has 0 aromatic heterocycles. The van der Waals surface area contributed by atoms with Gasteiger partial charge in [0.05, 0.1) is 5.56 Å². The van der Waals surface area contributed by atoms with Crippen LogP contribution in [0, 0.1) is 0 Å². The van der Waals surface area contributed by atoms with Crippen molar-refractivity contribution in [3.05, 3.63) is 29.8 Å². The Kier molecular flexibility index (Phi) is 8.35. The summed E-state index contributed by atoms with van der Waals surface area (Å²) in [7, 11) is 0. The predicted molar refractivity (Wildman–Crippen MR) is 87.3 cm³/mol. The molecule has 21 heavy (non-hydrogen) atoms. The van der Waals surface area contributed by atoms with Crippen LogP contribution in [0.1, 0.15) is 36.0 Å². The van der Waals surface area contributed by atoms with Crippen LogP contribution in [0.25, 0.3) is 0 Å². The molecular weight excluding hydrogens is 288 g/mol. The van der Waals surface area contributed by atoms with E-state index < -0.39 is 5.97 Å². The highest BCUT2D eigenvalue weighted by atomic mass is 32.2. The normalized spacial score (nSPS) is 10.1. The molecule has 1 aromatic rings. The third-order valence-electron chi connectivity index (χ3n) is 2.95. The van der Waals surface area contributed by atoms with Gasteiger partial charge in [0, 0.05) is 12.2 Å². The van der Waals surface area contributed by atoms with E-state index in [9.17, 15) is 9.59 Å². The molecule has 0 aliphatic heterocycles. The lowest BCUT2D eigenvalue weighted by Crippen LogP contribution is -2.29. The summed E-state index contributed by atoms with van der Waals surface area (Å²) in [6, 6.07) is 5.81. The third kappa shape index (κ3) is 7.60. The topological polar surface area (TPSA) is 78.4 Å². The molecule has 0 bridgehead atoms. The summed E-state index contributed by atoms with van der Waals surface area (Å²) < 4.78 is 0. The number of carbonyl (C=O) groups excluding carboxylic acids is 1. The van der Waals surface area contributed by atoms with E-state index in [1.807, 2.05) is 11.8 Å². The van der Waals surface area contributed by atoms with Crippen LogP contribution in [-0.4, -0.2) is 35.7 Å². The number of thioether (sulfide) groups is 1. The number of amides is 2. The van der Waals surface area contributed by atoms with E-state index in [0.717, 1.165) is 12.8 Å². The van der Waals surface area contributed by atoms with Gasteiger partial charge < -0.3 is 15.7 Å². The first-order valence-electron chi connectivity index (χ1n) is 7.00. The first-order chi connectivity index (χ1) is 10.1. The maximum absolute atomic E-state index is 11.6. The number of nitrogens with one attached hydrogen (secondary N) is 2. The Labute approximate surface area is 129 Å². The number of aromatic carboxylic acids is 1. The Balaban J connectivity index is 2.17. The number of rotatable bonds is 9. The second-order valence-corrected chi connectivity index (χ2v) is 5.66. The van der Waals surface area contributed by atoms with Crippen LogP contribution >= 0.6 is 11.8 Å². The Morgan fingerprint density at radius 3 is 2.38 bits per heavy atom. The molecule has 5 nitrogen and oxygen atoms in total. The molecule has 0 aliphatic rings. The molecule has 3 N–H and O–H groups in total. The molecule has 1 rings (SSSR count). The largest absolute Gasteiger partial charge is 0.478 e. The van der Waals surface area contributed by atoms with E-state index in [2.05, 4.69) is 16.9 Å². The lowest BCUT2D eigenvalue weighted by atomic mass is 10.2. The van der Waals surface area contributed by atoms with Gasteiger partial charge in [-0.15, -0.1) is 0 Å². The van der Waals surface area contributed by atoms with Crippen molar-refractivity contribution < 1.29 is 14.7 Å². The second-order valence-electron chi connectivity index (χ2n) is 4.67. The zero-order valence-electron chi connectivity index (χ0n) is 12.2. The molecule has 0 heterocycles. The van der Waals surface area contributed by atoms with Gasteiger partial charge >= 0.3 is 12.0 Å². The minimum atomic E-state index is -0.979. The van der Waals surface area contributed by atoms with Crippen LogP contribution in [0.2, 0.25) is 0 Å². The molecule has 0 saturated carbocycles. The van der Waals surface area contributed by atoms with E-state index in [4.69, 9.17) is 5.11 Å². The fourth-order valence-corrected chi connectivity index (χ4v) is 2.29. The summed E-state index contributed by atoms with van der Waals surface area (Å²) in [6.45, 7) is 0.651. The number of carboxylic acids is 1. The molecule has 0 aliphatic carbocycles. The minimum Gasteiger partial charge on any atom is -0.478 e. The van der Waals surface area contributed by atoms with Crippen molar-refractivity contribution in [1.29, 1.82) is 0 Å². The van der Waals surface area contributed by atoms with E-state index in [0.29, 0.717) is 12.2 Å². The van der Waals surface area contributed by atoms with Crippen molar-refractivity contribution in [2.75, 3.05) is 23.9 Å². The van der Waals surface area contributed by atoms with Gasteiger partial charge in [-0.1, -0.05) is 12.8 Å². The molecule has 0 radical (unpaired) electrons. The summed E-state index contributed by atoms with van der Waals surface area (Å²) in [5.41, 5.74) is 0.781. The number of anilines is 1. The highest BCUT2D eigenvalue weighted by Gasteiger charge is 2.04. The molecule has 6 heteroatoms. The van der Waals surface area contributed by atoms with Crippen LogP contribution in [0.5, 0.6) is 0 Å². The number of hydrogen-bond acceptors (Lipinski definition) is 3. The van der Waals surface area contributed by atoms with Gasteiger partial charge in [0.25, 0.3) is 0 Å². The van der Waals surface area contributed by atoms with Gasteiger partial charge in [0.15, 0.2) is 0 Å². The quantitative estimate of drug-likeness (QED) is 0.611. The molecule has 2 amide bonds. The predicted octanol–water partition coefficient (Wildman–Crippen LogP) is 3.43. The number of urea groups is 1. The first kappa shape index (κ1) is 17.4. The molecule has 116 valence electrons. The van der Waals surface area contributed by atoms with E-state index >= 15 is 0 Å². The van der Waals surface area contributed by atoms with Crippen molar-refractivity contribution in [3.8, 4) is 0 Å². The molecule has 0 fully saturated rings. The highest BCUT2D eigenvalue weighted by Crippen LogP contribution is 2.09. The zero-order valence-corrected chi connectivity index (χ0v) is 13.0. The van der Waals surface area contributed by atoms with Crippen molar-refractivity contribution >= 4 is 29.4 Å². The first-order valence-corrected chi connectivity index (χ1v) is 8.40. The fraction of sp³-hybridized carbons (Fsp3) is 0.467. The Bertz CT molecular complexity index is 449. The Morgan fingerprint density at radius 1 is 1.10 bits per heavy atom. The monoisotopic (exact) mass is 310 g/mol. The molecular formula is C15H22N2O3S. The fourth-order valence-electron chi connectivity index (χ4n) is 1.80. The van der Waals surface area contributed by atoms with Crippen LogP contribution < -0.4 is 10.6 Å². The highest BCUT2D eigenvalue weighted by molar-refractivity contribution is 7.98. The standard InChI is InChI=1S/C15H22N2O3S/c1-21-11-5-3-2-4-10-16-15(20)17-13-8-6-12(7-9-13)14(18)19/h6-9H,2-5,10-11H2,1H3,(H,18,19)(H2,16,17,20). The van der Waals surface area contributed by atoms with Gasteiger partial charge in [-0.2, -0.15) is 11.8 Å². The van der Waals surface area contributed by atoms with Crippen LogP contribution in [0.4, 0.5) is 10.5 Å². The third-order valence-corrected chi connectivity index (χ3v) is 3.65. The number of carbonyl (C=O) groups is 2. The zero-order chi connectivity index (χ0) is 15.5. The van der Waals surface area contributed by atoms with Crippen LogP contribution in [-0.2, 0) is 0 Å². The second kappa shape index (κ2) is 10.1. The van der Waals surface area contributed by atoms with Crippen molar-refractivity contribution in [3.63, 3.8) is 0 Å². The van der Waals surface area contributed by atoms with Crippen molar-refractivity contribution in [2.45, 2.75) is 25.7 Å². The maximum atomic E-state index is 11.6. The number of carboxylic acid groups (broad SMARTS) is 1. The summed E-state index contributed by atoms with van der Waals surface area (Å²) >= 11 is 1.86. The van der Waals surface area contributed by atoms with Gasteiger partial charge in [-0.3, -0.25) is 0 Å². The molecule has 1 aromatic carbocycles. The number of benzene rings is 1. The van der Waals surface area contributed by atoms with Gasteiger partial charge in [0.1, 0.15) is 0 Å². The summed E-state index contributed by atoms with van der Waals surface area (Å²) in [5.74, 6) is 0.216. The van der Waals surface area contributed by atoms with Crippen molar-refractivity contribution in [2.24, 2.45) is 0 Å². The van der Waals surface area contributed by atoms with Crippen molar-refractivity contribution in [1.82, 2.24) is 5.32 Å². The molecule has 0 atom stereocenters. The van der Waals surface area contributed by atoms with Gasteiger partial charge in [0.2, 0.25) is 0 Å². The summed E-state index contributed by atoms with van der Waals surface area (Å²) in [5, 5.41) is 14.2. The number of unbranched alkanes of at least 4 members (excludes halogenated alkanes) is 3. The molecule has 0 unspecified atom stereocenters. The van der Waals surface area contributed by atoms with Gasteiger partial charge in [-0.25, -0.2) is 9.59 Å². The SMILES string of the molecule is CSCCCCCCNC(=O)Nc1ccc(C(=O)O)cc1. The average Bonchev–Trinajstić information content (AvgIpc) is 2.47. The summed E-state index contributed by atoms with van der Waals surface area (Å²) in [6.07, 6.45) is 6.62. The van der Waals surface area contributed by atoms with E-state index in [1.54, 1.807) is 12.1 Å². The van der Waals surface area contributed by atoms with Crippen LogP contribution in [0.15, 0.2) is 24.3 Å². The van der Waals surface area contributed by atoms with Gasteiger partial charge in [-0.05, 0) is 49.1 Å². The maximum Gasteiger partial charge on any atom is 0.335 e. The Morgan fingerprint density at radius 2 is 1.76 bits per heavy atom. The number of hydrogen-bond donors (Lipinski definition) is 3. The smallest absolute Gasteiger partial charge is 0.335 e. The van der Waals surface area contributed by atoms with Crippen LogP contribution in [0.3, 0.4) is 0 Å². The lowest BCUT2D eigenvalue weighted by Gasteiger charge is -2.07. The summed E-state index contributed by atoms with van der Waals surface area (Å²) in [4.78, 5) is 22.3. The Hall–Kier alpha value is -1.69. The lowest BCUT2D eigenvalue weighted by molar-refractivity contribution is 0.0697. The average molecular weight is 310 g/mol. The van der Waals surface area contributed by atoms with E-state index in [-0.39, 0.29) is 11.6 Å².